The van der Waals surface area contributed by atoms with Crippen molar-refractivity contribution in [3.8, 4) is 0 Å². The quantitative estimate of drug-likeness (QED) is 0.0261. The van der Waals surface area contributed by atoms with E-state index in [1.165, 1.54) is 148 Å². The lowest BCUT2D eigenvalue weighted by molar-refractivity contribution is -0.302. The summed E-state index contributed by atoms with van der Waals surface area (Å²) in [7, 11) is 0. The molecule has 9 nitrogen and oxygen atoms in total. The normalized spacial score (nSPS) is 18.9. The summed E-state index contributed by atoms with van der Waals surface area (Å²) in [4.78, 5) is 13.1. The highest BCUT2D eigenvalue weighted by molar-refractivity contribution is 5.76. The highest BCUT2D eigenvalue weighted by Gasteiger charge is 2.44. The Morgan fingerprint density at radius 1 is 0.402 bits per heavy atom. The molecule has 0 aliphatic carbocycles. The highest BCUT2D eigenvalue weighted by Crippen LogP contribution is 2.23. The van der Waals surface area contributed by atoms with Crippen LogP contribution >= 0.6 is 0 Å². The maximum Gasteiger partial charge on any atom is 0.220 e. The van der Waals surface area contributed by atoms with Gasteiger partial charge in [0.05, 0.1) is 25.4 Å². The molecule has 1 fully saturated rings. The maximum absolute atomic E-state index is 13.1. The van der Waals surface area contributed by atoms with Crippen LogP contribution in [-0.4, -0.2) is 87.5 Å². The monoisotopic (exact) mass is 1210 g/mol. The Balaban J connectivity index is 2.21. The van der Waals surface area contributed by atoms with E-state index in [1.54, 1.807) is 6.08 Å². The van der Waals surface area contributed by atoms with Crippen LogP contribution in [-0.2, 0) is 14.3 Å². The van der Waals surface area contributed by atoms with E-state index < -0.39 is 49.5 Å². The van der Waals surface area contributed by atoms with Gasteiger partial charge in [-0.3, -0.25) is 4.79 Å². The van der Waals surface area contributed by atoms with Gasteiger partial charge >= 0.3 is 0 Å². The predicted molar refractivity (Wildman–Crippen MR) is 373 cm³/mol. The van der Waals surface area contributed by atoms with Gasteiger partial charge in [0.1, 0.15) is 24.4 Å². The predicted octanol–water partition coefficient (Wildman–Crippen LogP) is 19.7. The van der Waals surface area contributed by atoms with E-state index in [9.17, 15) is 30.3 Å². The number of amides is 1. The van der Waals surface area contributed by atoms with Gasteiger partial charge in [0, 0.05) is 6.42 Å². The molecule has 0 radical (unpaired) electrons. The third-order valence-electron chi connectivity index (χ3n) is 15.9. The van der Waals surface area contributed by atoms with Gasteiger partial charge < -0.3 is 40.3 Å². The summed E-state index contributed by atoms with van der Waals surface area (Å²) in [6.45, 7) is 3.66. The summed E-state index contributed by atoms with van der Waals surface area (Å²) in [6.07, 6.45) is 93.7. The molecule has 1 aliphatic heterocycles. The van der Waals surface area contributed by atoms with E-state index in [-0.39, 0.29) is 12.5 Å². The second kappa shape index (κ2) is 65.0. The number of ether oxygens (including phenoxy) is 2. The van der Waals surface area contributed by atoms with Crippen LogP contribution in [0.4, 0.5) is 0 Å². The summed E-state index contributed by atoms with van der Waals surface area (Å²) in [6, 6.07) is -0.836. The van der Waals surface area contributed by atoms with Crippen molar-refractivity contribution in [3.05, 3.63) is 146 Å². The SMILES string of the molecule is CC/C=C\C/C=C\C/C=C\C/C=C\C/C=C\C/C=C\C/C=C\C/C=C\C/C=C\C/C=C\C/C=C\CCCCCC(=O)NC(COC1OC(CO)C(O)C(O)C1O)C(O)/C=C/CCCCCCCCCCCCCCCCCCCCCCCCCCC. The second-order valence-corrected chi connectivity index (χ2v) is 23.9. The molecule has 0 aromatic carbocycles. The Labute approximate surface area is 533 Å². The van der Waals surface area contributed by atoms with Crippen LogP contribution in [0.1, 0.15) is 284 Å². The van der Waals surface area contributed by atoms with Crippen LogP contribution in [0.5, 0.6) is 0 Å². The smallest absolute Gasteiger partial charge is 0.220 e. The van der Waals surface area contributed by atoms with E-state index in [2.05, 4.69) is 153 Å². The number of hydrogen-bond acceptors (Lipinski definition) is 8. The molecule has 87 heavy (non-hydrogen) atoms. The van der Waals surface area contributed by atoms with Crippen molar-refractivity contribution >= 4 is 5.91 Å². The summed E-state index contributed by atoms with van der Waals surface area (Å²) in [5.74, 6) is -0.212. The van der Waals surface area contributed by atoms with Crippen LogP contribution < -0.4 is 5.32 Å². The average Bonchev–Trinajstić information content (AvgIpc) is 3.37. The zero-order valence-electron chi connectivity index (χ0n) is 55.5. The Hall–Kier alpha value is -3.93. The molecule has 7 unspecified atom stereocenters. The number of carbonyl (C=O) groups is 1. The van der Waals surface area contributed by atoms with Crippen LogP contribution in [0.15, 0.2) is 146 Å². The maximum atomic E-state index is 13.1. The van der Waals surface area contributed by atoms with Gasteiger partial charge in [-0.15, -0.1) is 0 Å². The van der Waals surface area contributed by atoms with Crippen molar-refractivity contribution < 1.29 is 39.8 Å². The van der Waals surface area contributed by atoms with Gasteiger partial charge in [0.15, 0.2) is 6.29 Å². The molecular formula is C78H131NO8. The molecule has 1 rings (SSSR count). The molecule has 1 aliphatic rings. The van der Waals surface area contributed by atoms with Crippen molar-refractivity contribution in [2.75, 3.05) is 13.2 Å². The number of allylic oxidation sites excluding steroid dienone is 23. The summed E-state index contributed by atoms with van der Waals surface area (Å²) in [5.41, 5.74) is 0. The second-order valence-electron chi connectivity index (χ2n) is 23.9. The standard InChI is InChI=1S/C78H131NO8/c1-3-5-7-9-11-13-15-17-19-21-23-25-27-29-31-32-33-34-35-36-37-38-39-40-42-44-46-48-50-52-54-56-58-60-62-64-66-68-74(82)79-71(70-86-78-77(85)76(84)75(83)73(69-80)87-78)72(81)67-65-63-61-59-57-55-53-51-49-47-45-43-41-30-28-26-24-22-20-18-16-14-12-10-8-6-4-2/h5,7,11,13,17,19,23,25,29,31,33-34,36-37,39-40,44,46,50,52,56,58,65,67,71-73,75-78,80-81,83-85H,3-4,6,8-10,12,14-16,18,20-22,24,26-28,30,32,35,38,41-43,45,47-49,51,53-55,57,59-64,66,68-70H2,1-2H3,(H,79,82)/b7-5-,13-11-,19-17-,25-23-,31-29-,34-33-,37-36-,40-39-,46-44-,52-50-,58-56-,67-65+. The molecule has 0 spiro atoms. The van der Waals surface area contributed by atoms with E-state index in [4.69, 9.17) is 9.47 Å². The number of hydrogen-bond donors (Lipinski definition) is 6. The van der Waals surface area contributed by atoms with E-state index >= 15 is 0 Å². The number of nitrogens with one attached hydrogen (secondary N) is 1. The van der Waals surface area contributed by atoms with Crippen molar-refractivity contribution in [3.63, 3.8) is 0 Å². The molecule has 9 heteroatoms. The van der Waals surface area contributed by atoms with Crippen LogP contribution in [0.3, 0.4) is 0 Å². The van der Waals surface area contributed by atoms with E-state index in [1.807, 2.05) is 6.08 Å². The van der Waals surface area contributed by atoms with Crippen LogP contribution in [0, 0.1) is 0 Å². The van der Waals surface area contributed by atoms with E-state index in [0.717, 1.165) is 109 Å². The molecule has 496 valence electrons. The fourth-order valence-electron chi connectivity index (χ4n) is 10.4. The third kappa shape index (κ3) is 53.6. The first-order chi connectivity index (χ1) is 42.8. The van der Waals surface area contributed by atoms with Crippen molar-refractivity contribution in [2.24, 2.45) is 0 Å². The minimum absolute atomic E-state index is 0.210. The number of aliphatic hydroxyl groups is 5. The van der Waals surface area contributed by atoms with Crippen LogP contribution in [0.25, 0.3) is 0 Å². The lowest BCUT2D eigenvalue weighted by atomic mass is 9.99. The lowest BCUT2D eigenvalue weighted by Gasteiger charge is -2.40. The van der Waals surface area contributed by atoms with Gasteiger partial charge in [-0.1, -0.05) is 320 Å². The molecule has 0 aromatic rings. The van der Waals surface area contributed by atoms with Crippen molar-refractivity contribution in [1.82, 2.24) is 5.32 Å². The molecule has 6 N–H and O–H groups in total. The summed E-state index contributed by atoms with van der Waals surface area (Å²) < 4.78 is 11.3. The fraction of sp³-hybridized carbons (Fsp3) is 0.679. The Morgan fingerprint density at radius 3 is 1.06 bits per heavy atom. The first-order valence-corrected chi connectivity index (χ1v) is 35.6. The van der Waals surface area contributed by atoms with Crippen molar-refractivity contribution in [2.45, 2.75) is 326 Å². The number of carbonyl (C=O) groups excluding carboxylic acids is 1. The zero-order chi connectivity index (χ0) is 62.8. The number of unbranched alkanes of at least 4 members (excludes halogenated alkanes) is 28. The van der Waals surface area contributed by atoms with Gasteiger partial charge in [-0.05, 0) is 103 Å². The Morgan fingerprint density at radius 2 is 0.713 bits per heavy atom. The Bertz CT molecular complexity index is 1890. The van der Waals surface area contributed by atoms with Crippen molar-refractivity contribution in [1.29, 1.82) is 0 Å². The van der Waals surface area contributed by atoms with Gasteiger partial charge in [0.2, 0.25) is 5.91 Å². The molecule has 1 heterocycles. The van der Waals surface area contributed by atoms with Gasteiger partial charge in [-0.2, -0.15) is 0 Å². The zero-order valence-corrected chi connectivity index (χ0v) is 55.5. The minimum atomic E-state index is -1.58. The summed E-state index contributed by atoms with van der Waals surface area (Å²) >= 11 is 0. The van der Waals surface area contributed by atoms with Crippen LogP contribution in [0.2, 0.25) is 0 Å². The summed E-state index contributed by atoms with van der Waals surface area (Å²) in [5, 5.41) is 54.8. The molecule has 7 atom stereocenters. The van der Waals surface area contributed by atoms with Gasteiger partial charge in [-0.25, -0.2) is 0 Å². The number of rotatable bonds is 60. The third-order valence-corrected chi connectivity index (χ3v) is 15.9. The molecular weight excluding hydrogens is 1080 g/mol. The molecule has 0 bridgehead atoms. The molecule has 1 amide bonds. The molecule has 0 saturated carbocycles. The molecule has 1 saturated heterocycles. The minimum Gasteiger partial charge on any atom is -0.394 e. The Kier molecular flexibility index (Phi) is 60.6. The van der Waals surface area contributed by atoms with Gasteiger partial charge in [0.25, 0.3) is 0 Å². The lowest BCUT2D eigenvalue weighted by Crippen LogP contribution is -2.60. The molecule has 0 aromatic heterocycles. The first-order valence-electron chi connectivity index (χ1n) is 35.6. The topological polar surface area (TPSA) is 149 Å². The first kappa shape index (κ1) is 81.1. The largest absolute Gasteiger partial charge is 0.394 e. The van der Waals surface area contributed by atoms with E-state index in [0.29, 0.717) is 12.8 Å². The average molecular weight is 1210 g/mol. The number of aliphatic hydroxyl groups excluding tert-OH is 5. The highest BCUT2D eigenvalue weighted by atomic mass is 16.7. The fourth-order valence-corrected chi connectivity index (χ4v) is 10.4.